The van der Waals surface area contributed by atoms with Crippen molar-refractivity contribution in [3.63, 3.8) is 0 Å². The zero-order valence-electron chi connectivity index (χ0n) is 13.0. The molecule has 0 bridgehead atoms. The molecule has 2 N–H and O–H groups in total. The molecule has 0 fully saturated rings. The van der Waals surface area contributed by atoms with Crippen LogP contribution >= 0.6 is 0 Å². The molecule has 0 aliphatic rings. The first-order valence-electron chi connectivity index (χ1n) is 7.20. The smallest absolute Gasteiger partial charge is 0.382 e. The summed E-state index contributed by atoms with van der Waals surface area (Å²) in [4.78, 5) is 4.14. The Morgan fingerprint density at radius 1 is 1.20 bits per heavy atom. The van der Waals surface area contributed by atoms with Gasteiger partial charge in [0.25, 0.3) is 0 Å². The van der Waals surface area contributed by atoms with Crippen LogP contribution in [0.4, 0.5) is 19.0 Å². The van der Waals surface area contributed by atoms with Crippen molar-refractivity contribution in [1.82, 2.24) is 14.8 Å². The fraction of sp³-hybridized carbons (Fsp3) is 0.118. The molecule has 3 aromatic rings. The van der Waals surface area contributed by atoms with Crippen LogP contribution in [0.2, 0.25) is 0 Å². The van der Waals surface area contributed by atoms with Gasteiger partial charge in [-0.15, -0.1) is 0 Å². The van der Waals surface area contributed by atoms with Crippen molar-refractivity contribution in [3.05, 3.63) is 59.3 Å². The third-order valence-corrected chi connectivity index (χ3v) is 3.61. The van der Waals surface area contributed by atoms with Crippen LogP contribution in [0.15, 0.2) is 42.6 Å². The minimum absolute atomic E-state index is 0.00244. The Bertz CT molecular complexity index is 983. The second-order valence-corrected chi connectivity index (χ2v) is 5.40. The van der Waals surface area contributed by atoms with E-state index >= 15 is 0 Å². The quantitative estimate of drug-likeness (QED) is 0.769. The molecule has 0 saturated heterocycles. The van der Waals surface area contributed by atoms with Crippen molar-refractivity contribution in [3.8, 4) is 23.1 Å². The minimum atomic E-state index is -4.49. The van der Waals surface area contributed by atoms with Crippen LogP contribution in [0.5, 0.6) is 0 Å². The molecule has 0 saturated carbocycles. The molecule has 25 heavy (non-hydrogen) atoms. The molecule has 0 spiro atoms. The van der Waals surface area contributed by atoms with E-state index < -0.39 is 11.7 Å². The first kappa shape index (κ1) is 16.5. The summed E-state index contributed by atoms with van der Waals surface area (Å²) in [5.74, 6) is 0.403. The number of nitrogens with zero attached hydrogens (tertiary/aromatic N) is 4. The zero-order valence-corrected chi connectivity index (χ0v) is 13.0. The van der Waals surface area contributed by atoms with Crippen molar-refractivity contribution in [2.75, 3.05) is 5.73 Å². The van der Waals surface area contributed by atoms with Gasteiger partial charge >= 0.3 is 6.18 Å². The highest BCUT2D eigenvalue weighted by Gasteiger charge is 2.31. The van der Waals surface area contributed by atoms with E-state index in [2.05, 4.69) is 10.1 Å². The number of rotatable bonds is 2. The largest absolute Gasteiger partial charge is 0.416 e. The highest BCUT2D eigenvalue weighted by Crippen LogP contribution is 2.34. The number of pyridine rings is 1. The van der Waals surface area contributed by atoms with E-state index in [1.807, 2.05) is 13.0 Å². The van der Waals surface area contributed by atoms with Gasteiger partial charge in [0.1, 0.15) is 23.1 Å². The number of halogens is 3. The molecule has 0 amide bonds. The number of hydrogen-bond donors (Lipinski definition) is 1. The lowest BCUT2D eigenvalue weighted by molar-refractivity contribution is -0.137. The molecule has 8 heteroatoms. The number of benzene rings is 1. The van der Waals surface area contributed by atoms with Gasteiger partial charge in [0.15, 0.2) is 5.82 Å². The minimum Gasteiger partial charge on any atom is -0.382 e. The molecule has 0 radical (unpaired) electrons. The van der Waals surface area contributed by atoms with Gasteiger partial charge in [-0.05, 0) is 36.8 Å². The van der Waals surface area contributed by atoms with Gasteiger partial charge in [-0.25, -0.2) is 4.98 Å². The first-order chi connectivity index (χ1) is 11.8. The molecule has 0 aliphatic heterocycles. The van der Waals surface area contributed by atoms with Crippen LogP contribution in [0.3, 0.4) is 0 Å². The van der Waals surface area contributed by atoms with E-state index in [1.54, 1.807) is 18.3 Å². The van der Waals surface area contributed by atoms with Crippen molar-refractivity contribution >= 4 is 5.82 Å². The van der Waals surface area contributed by atoms with Gasteiger partial charge < -0.3 is 5.73 Å². The molecule has 1 aromatic carbocycles. The molecular formula is C17H12F3N5. The highest BCUT2D eigenvalue weighted by atomic mass is 19.4. The Morgan fingerprint density at radius 2 is 1.96 bits per heavy atom. The van der Waals surface area contributed by atoms with E-state index in [9.17, 15) is 18.4 Å². The van der Waals surface area contributed by atoms with Crippen LogP contribution in [0, 0.1) is 18.3 Å². The second kappa shape index (κ2) is 5.94. The first-order valence-corrected chi connectivity index (χ1v) is 7.20. The van der Waals surface area contributed by atoms with E-state index in [4.69, 9.17) is 5.73 Å². The van der Waals surface area contributed by atoms with Gasteiger partial charge in [-0.3, -0.25) is 0 Å². The van der Waals surface area contributed by atoms with Crippen molar-refractivity contribution in [1.29, 1.82) is 5.26 Å². The lowest BCUT2D eigenvalue weighted by atomic mass is 10.1. The Balaban J connectivity index is 2.19. The molecule has 3 rings (SSSR count). The molecule has 2 aromatic heterocycles. The lowest BCUT2D eigenvalue weighted by Gasteiger charge is -2.07. The number of aromatic nitrogens is 3. The second-order valence-electron chi connectivity index (χ2n) is 5.40. The normalized spacial score (nSPS) is 11.3. The Labute approximate surface area is 141 Å². The van der Waals surface area contributed by atoms with E-state index in [0.29, 0.717) is 5.82 Å². The molecule has 126 valence electrons. The maximum Gasteiger partial charge on any atom is 0.416 e. The van der Waals surface area contributed by atoms with Gasteiger partial charge in [0.05, 0.1) is 5.56 Å². The number of anilines is 1. The number of nitrogen functional groups attached to an aromatic ring is 1. The third kappa shape index (κ3) is 3.04. The van der Waals surface area contributed by atoms with Crippen LogP contribution in [-0.4, -0.2) is 14.8 Å². The van der Waals surface area contributed by atoms with Gasteiger partial charge in [-0.2, -0.15) is 28.2 Å². The number of aryl methyl sites for hydroxylation is 1. The fourth-order valence-corrected chi connectivity index (χ4v) is 2.40. The lowest BCUT2D eigenvalue weighted by Crippen LogP contribution is -2.05. The van der Waals surface area contributed by atoms with Crippen molar-refractivity contribution < 1.29 is 13.2 Å². The number of hydrogen-bond acceptors (Lipinski definition) is 4. The van der Waals surface area contributed by atoms with Gasteiger partial charge in [0, 0.05) is 11.8 Å². The summed E-state index contributed by atoms with van der Waals surface area (Å²) in [7, 11) is 0. The fourth-order valence-electron chi connectivity index (χ4n) is 2.40. The average Bonchev–Trinajstić information content (AvgIpc) is 2.91. The number of nitrogens with two attached hydrogens (primary N) is 1. The number of alkyl halides is 3. The van der Waals surface area contributed by atoms with Crippen LogP contribution in [0.1, 0.15) is 16.7 Å². The number of nitriles is 1. The summed E-state index contributed by atoms with van der Waals surface area (Å²) < 4.78 is 40.1. The zero-order chi connectivity index (χ0) is 18.2. The standard InChI is InChI=1S/C17H12F3N5/c1-10-5-6-23-14(7-10)25-16(22)13(9-21)15(24-25)11-3-2-4-12(8-11)17(18,19)20/h2-8H,22H2,1H3. The molecular weight excluding hydrogens is 331 g/mol. The summed E-state index contributed by atoms with van der Waals surface area (Å²) in [6, 6.07) is 10.0. The monoisotopic (exact) mass is 343 g/mol. The maximum atomic E-state index is 12.9. The van der Waals surface area contributed by atoms with E-state index in [-0.39, 0.29) is 22.6 Å². The third-order valence-electron chi connectivity index (χ3n) is 3.61. The SMILES string of the molecule is Cc1ccnc(-n2nc(-c3cccc(C(F)(F)F)c3)c(C#N)c2N)c1. The molecule has 0 atom stereocenters. The van der Waals surface area contributed by atoms with Crippen LogP contribution in [0.25, 0.3) is 17.1 Å². The summed E-state index contributed by atoms with van der Waals surface area (Å²) in [6.45, 7) is 1.85. The molecule has 0 unspecified atom stereocenters. The maximum absolute atomic E-state index is 12.9. The Kier molecular flexibility index (Phi) is 3.93. The molecule has 2 heterocycles. The molecule has 5 nitrogen and oxygen atoms in total. The van der Waals surface area contributed by atoms with Crippen LogP contribution in [-0.2, 0) is 6.18 Å². The Morgan fingerprint density at radius 3 is 2.60 bits per heavy atom. The Hall–Kier alpha value is -3.34. The van der Waals surface area contributed by atoms with Crippen molar-refractivity contribution in [2.24, 2.45) is 0 Å². The summed E-state index contributed by atoms with van der Waals surface area (Å²) in [5, 5.41) is 13.6. The predicted octanol–water partition coefficient (Wildman–Crippen LogP) is 3.72. The van der Waals surface area contributed by atoms with Gasteiger partial charge in [-0.1, -0.05) is 12.1 Å². The van der Waals surface area contributed by atoms with E-state index in [0.717, 1.165) is 17.7 Å². The summed E-state index contributed by atoms with van der Waals surface area (Å²) in [5.41, 5.74) is 6.29. The summed E-state index contributed by atoms with van der Waals surface area (Å²) in [6.07, 6.45) is -2.93. The summed E-state index contributed by atoms with van der Waals surface area (Å²) >= 11 is 0. The topological polar surface area (TPSA) is 80.5 Å². The highest BCUT2D eigenvalue weighted by molar-refractivity contribution is 5.74. The average molecular weight is 343 g/mol. The molecule has 0 aliphatic carbocycles. The predicted molar refractivity (Wildman–Crippen MR) is 85.7 cm³/mol. The van der Waals surface area contributed by atoms with E-state index in [1.165, 1.54) is 16.8 Å². The van der Waals surface area contributed by atoms with Gasteiger partial charge in [0.2, 0.25) is 0 Å². The van der Waals surface area contributed by atoms with Crippen molar-refractivity contribution in [2.45, 2.75) is 13.1 Å². The van der Waals surface area contributed by atoms with Crippen LogP contribution < -0.4 is 5.73 Å².